The zero-order valence-corrected chi connectivity index (χ0v) is 10.0. The summed E-state index contributed by atoms with van der Waals surface area (Å²) in [5.41, 5.74) is 0. The Morgan fingerprint density at radius 2 is 2.12 bits per heavy atom. The van der Waals surface area contributed by atoms with Crippen LogP contribution in [0.5, 0.6) is 0 Å². The van der Waals surface area contributed by atoms with Crippen LogP contribution in [-0.2, 0) is 14.3 Å². The molecule has 1 saturated heterocycles. The maximum atomic E-state index is 10.3. The van der Waals surface area contributed by atoms with Crippen LogP contribution in [-0.4, -0.2) is 61.5 Å². The molecule has 0 spiro atoms. The summed E-state index contributed by atoms with van der Waals surface area (Å²) in [7, 11) is 1.72. The van der Waals surface area contributed by atoms with Crippen LogP contribution >= 0.6 is 0 Å². The second kappa shape index (κ2) is 6.83. The zero-order valence-electron chi connectivity index (χ0n) is 10.0. The number of aliphatic carboxylic acids is 1. The van der Waals surface area contributed by atoms with E-state index in [0.29, 0.717) is 0 Å². The fourth-order valence-electron chi connectivity index (χ4n) is 1.89. The summed E-state index contributed by atoms with van der Waals surface area (Å²) in [6.45, 7) is 4.71. The largest absolute Gasteiger partial charge is 0.480 e. The minimum atomic E-state index is -0.893. The van der Waals surface area contributed by atoms with E-state index in [2.05, 4.69) is 4.90 Å². The molecule has 5 nitrogen and oxygen atoms in total. The lowest BCUT2D eigenvalue weighted by molar-refractivity contribution is -0.145. The van der Waals surface area contributed by atoms with Gasteiger partial charge in [0.2, 0.25) is 0 Å². The molecule has 16 heavy (non-hydrogen) atoms. The molecule has 0 saturated carbocycles. The van der Waals surface area contributed by atoms with Crippen molar-refractivity contribution in [2.75, 3.05) is 33.4 Å². The van der Waals surface area contributed by atoms with Crippen molar-refractivity contribution < 1.29 is 19.4 Å². The highest BCUT2D eigenvalue weighted by Gasteiger charge is 2.21. The summed E-state index contributed by atoms with van der Waals surface area (Å²) in [5.74, 6) is -0.893. The van der Waals surface area contributed by atoms with Gasteiger partial charge in [-0.05, 0) is 19.8 Å². The second-order valence-electron chi connectivity index (χ2n) is 4.25. The Morgan fingerprint density at radius 3 is 2.62 bits per heavy atom. The summed E-state index contributed by atoms with van der Waals surface area (Å²) in [4.78, 5) is 12.7. The first-order valence-corrected chi connectivity index (χ1v) is 5.70. The van der Waals surface area contributed by atoms with E-state index in [4.69, 9.17) is 14.6 Å². The van der Waals surface area contributed by atoms with Crippen molar-refractivity contribution in [3.63, 3.8) is 0 Å². The predicted octanol–water partition coefficient (Wildman–Crippen LogP) is 0.587. The Morgan fingerprint density at radius 1 is 1.50 bits per heavy atom. The monoisotopic (exact) mass is 231 g/mol. The fourth-order valence-corrected chi connectivity index (χ4v) is 1.89. The van der Waals surface area contributed by atoms with E-state index in [0.717, 1.165) is 32.5 Å². The molecule has 1 fully saturated rings. The van der Waals surface area contributed by atoms with E-state index < -0.39 is 5.97 Å². The molecule has 1 rings (SSSR count). The highest BCUT2D eigenvalue weighted by molar-refractivity contribution is 5.68. The van der Waals surface area contributed by atoms with E-state index in [1.165, 1.54) is 0 Å². The number of carbonyl (C=O) groups is 1. The molecule has 0 radical (unpaired) electrons. The zero-order chi connectivity index (χ0) is 12.0. The molecule has 1 atom stereocenters. The summed E-state index contributed by atoms with van der Waals surface area (Å²) in [5, 5.41) is 8.50. The maximum absolute atomic E-state index is 10.3. The van der Waals surface area contributed by atoms with Gasteiger partial charge in [-0.1, -0.05) is 0 Å². The standard InChI is InChI=1S/C11H21NO4/c1-9(15-2)7-12-5-3-10(4-6-12)16-8-11(13)14/h9-10H,3-8H2,1-2H3,(H,13,14). The molecule has 0 aromatic heterocycles. The molecule has 0 amide bonds. The predicted molar refractivity (Wildman–Crippen MR) is 59.5 cm³/mol. The smallest absolute Gasteiger partial charge is 0.329 e. The molecule has 1 heterocycles. The number of ether oxygens (including phenoxy) is 2. The number of carboxylic acids is 1. The summed E-state index contributed by atoms with van der Waals surface area (Å²) < 4.78 is 10.5. The van der Waals surface area contributed by atoms with E-state index >= 15 is 0 Å². The number of nitrogens with zero attached hydrogens (tertiary/aromatic N) is 1. The van der Waals surface area contributed by atoms with Crippen LogP contribution in [0.15, 0.2) is 0 Å². The number of hydrogen-bond acceptors (Lipinski definition) is 4. The Labute approximate surface area is 96.3 Å². The highest BCUT2D eigenvalue weighted by Crippen LogP contribution is 2.14. The van der Waals surface area contributed by atoms with Crippen molar-refractivity contribution in [3.8, 4) is 0 Å². The maximum Gasteiger partial charge on any atom is 0.329 e. The Kier molecular flexibility index (Phi) is 5.73. The fraction of sp³-hybridized carbons (Fsp3) is 0.909. The molecule has 1 N–H and O–H groups in total. The van der Waals surface area contributed by atoms with Crippen LogP contribution in [0.1, 0.15) is 19.8 Å². The lowest BCUT2D eigenvalue weighted by Crippen LogP contribution is -2.41. The molecular weight excluding hydrogens is 210 g/mol. The van der Waals surface area contributed by atoms with E-state index in [1.807, 2.05) is 6.92 Å². The molecule has 5 heteroatoms. The molecule has 0 aromatic carbocycles. The number of piperidine rings is 1. The van der Waals surface area contributed by atoms with Gasteiger partial charge in [0, 0.05) is 26.7 Å². The van der Waals surface area contributed by atoms with E-state index in [-0.39, 0.29) is 18.8 Å². The van der Waals surface area contributed by atoms with Gasteiger partial charge >= 0.3 is 5.97 Å². The van der Waals surface area contributed by atoms with Gasteiger partial charge in [-0.2, -0.15) is 0 Å². The van der Waals surface area contributed by atoms with Crippen molar-refractivity contribution in [2.24, 2.45) is 0 Å². The van der Waals surface area contributed by atoms with Crippen LogP contribution in [0, 0.1) is 0 Å². The molecule has 1 unspecified atom stereocenters. The second-order valence-corrected chi connectivity index (χ2v) is 4.25. The number of hydrogen-bond donors (Lipinski definition) is 1. The van der Waals surface area contributed by atoms with Crippen LogP contribution in [0.25, 0.3) is 0 Å². The lowest BCUT2D eigenvalue weighted by atomic mass is 10.1. The quantitative estimate of drug-likeness (QED) is 0.725. The van der Waals surface area contributed by atoms with Gasteiger partial charge in [0.15, 0.2) is 0 Å². The molecule has 0 aliphatic carbocycles. The Bertz CT molecular complexity index is 214. The summed E-state index contributed by atoms with van der Waals surface area (Å²) >= 11 is 0. The lowest BCUT2D eigenvalue weighted by Gasteiger charge is -2.32. The van der Waals surface area contributed by atoms with Gasteiger partial charge in [0.25, 0.3) is 0 Å². The Hall–Kier alpha value is -0.650. The highest BCUT2D eigenvalue weighted by atomic mass is 16.5. The van der Waals surface area contributed by atoms with Gasteiger partial charge in [0.1, 0.15) is 6.61 Å². The van der Waals surface area contributed by atoms with Crippen molar-refractivity contribution in [3.05, 3.63) is 0 Å². The third-order valence-corrected chi connectivity index (χ3v) is 2.89. The molecule has 1 aliphatic rings. The number of methoxy groups -OCH3 is 1. The minimum Gasteiger partial charge on any atom is -0.480 e. The molecule has 94 valence electrons. The molecule has 0 bridgehead atoms. The normalized spacial score (nSPS) is 20.9. The van der Waals surface area contributed by atoms with E-state index in [1.54, 1.807) is 7.11 Å². The van der Waals surface area contributed by atoms with Gasteiger partial charge in [-0.3, -0.25) is 0 Å². The van der Waals surface area contributed by atoms with Gasteiger partial charge in [-0.25, -0.2) is 4.79 Å². The van der Waals surface area contributed by atoms with Gasteiger partial charge in [0.05, 0.1) is 12.2 Å². The van der Waals surface area contributed by atoms with Crippen LogP contribution in [0.4, 0.5) is 0 Å². The average Bonchev–Trinajstić information content (AvgIpc) is 2.28. The summed E-state index contributed by atoms with van der Waals surface area (Å²) in [6, 6.07) is 0. The number of carboxylic acid groups (broad SMARTS) is 1. The first kappa shape index (κ1) is 13.4. The van der Waals surface area contributed by atoms with Crippen molar-refractivity contribution in [2.45, 2.75) is 32.0 Å². The van der Waals surface area contributed by atoms with Crippen molar-refractivity contribution >= 4 is 5.97 Å². The third-order valence-electron chi connectivity index (χ3n) is 2.89. The van der Waals surface area contributed by atoms with Crippen LogP contribution in [0.2, 0.25) is 0 Å². The Balaban J connectivity index is 2.15. The first-order valence-electron chi connectivity index (χ1n) is 5.70. The van der Waals surface area contributed by atoms with Crippen molar-refractivity contribution in [1.29, 1.82) is 0 Å². The van der Waals surface area contributed by atoms with Gasteiger partial charge < -0.3 is 19.5 Å². The first-order chi connectivity index (χ1) is 7.61. The minimum absolute atomic E-state index is 0.102. The van der Waals surface area contributed by atoms with Crippen LogP contribution < -0.4 is 0 Å². The van der Waals surface area contributed by atoms with Crippen molar-refractivity contribution in [1.82, 2.24) is 4.90 Å². The number of rotatable bonds is 6. The SMILES string of the molecule is COC(C)CN1CCC(OCC(=O)O)CC1. The molecule has 0 aromatic rings. The third kappa shape index (κ3) is 4.92. The molecule has 1 aliphatic heterocycles. The average molecular weight is 231 g/mol. The summed E-state index contributed by atoms with van der Waals surface area (Å²) in [6.07, 6.45) is 2.16. The number of likely N-dealkylation sites (tertiary alicyclic amines) is 1. The topological polar surface area (TPSA) is 59.0 Å². The molecular formula is C11H21NO4. The van der Waals surface area contributed by atoms with E-state index in [9.17, 15) is 4.79 Å². The van der Waals surface area contributed by atoms with Crippen LogP contribution in [0.3, 0.4) is 0 Å². The van der Waals surface area contributed by atoms with Gasteiger partial charge in [-0.15, -0.1) is 0 Å².